The predicted molar refractivity (Wildman–Crippen MR) is 71.8 cm³/mol. The van der Waals surface area contributed by atoms with Crippen LogP contribution >= 0.6 is 11.6 Å². The number of rotatable bonds is 4. The molecule has 20 heavy (non-hydrogen) atoms. The zero-order valence-corrected chi connectivity index (χ0v) is 10.8. The van der Waals surface area contributed by atoms with Crippen molar-refractivity contribution in [1.29, 1.82) is 0 Å². The van der Waals surface area contributed by atoms with Crippen molar-refractivity contribution >= 4 is 23.0 Å². The minimum absolute atomic E-state index is 0.0253. The molecule has 0 aliphatic heterocycles. The molecule has 104 valence electrons. The highest BCUT2D eigenvalue weighted by molar-refractivity contribution is 6.32. The van der Waals surface area contributed by atoms with Gasteiger partial charge in [0.25, 0.3) is 5.69 Å². The Morgan fingerprint density at radius 1 is 1.15 bits per heavy atom. The first-order chi connectivity index (χ1) is 9.45. The summed E-state index contributed by atoms with van der Waals surface area (Å²) in [5.74, 6) is -1.35. The van der Waals surface area contributed by atoms with Crippen LogP contribution in [0.15, 0.2) is 36.4 Å². The molecule has 1 N–H and O–H groups in total. The van der Waals surface area contributed by atoms with E-state index in [1.807, 2.05) is 0 Å². The number of nitro benzene ring substituents is 1. The highest BCUT2D eigenvalue weighted by atomic mass is 35.5. The van der Waals surface area contributed by atoms with E-state index in [0.29, 0.717) is 11.3 Å². The number of nitrogens with one attached hydrogen (secondary N) is 1. The third kappa shape index (κ3) is 3.42. The molecule has 0 bridgehead atoms. The molecule has 7 heteroatoms. The van der Waals surface area contributed by atoms with Crippen LogP contribution in [-0.2, 0) is 6.54 Å². The number of benzene rings is 2. The summed E-state index contributed by atoms with van der Waals surface area (Å²) in [6.07, 6.45) is 0. The topological polar surface area (TPSA) is 55.2 Å². The van der Waals surface area contributed by atoms with Crippen LogP contribution in [0.25, 0.3) is 0 Å². The van der Waals surface area contributed by atoms with Crippen molar-refractivity contribution in [2.75, 3.05) is 5.32 Å². The lowest BCUT2D eigenvalue weighted by atomic mass is 10.2. The van der Waals surface area contributed by atoms with Gasteiger partial charge in [0.1, 0.15) is 16.7 Å². The number of hydrogen-bond acceptors (Lipinski definition) is 3. The first-order valence-corrected chi connectivity index (χ1v) is 5.96. The van der Waals surface area contributed by atoms with Crippen LogP contribution in [0.1, 0.15) is 5.56 Å². The Morgan fingerprint density at radius 2 is 1.80 bits per heavy atom. The molecule has 4 nitrogen and oxygen atoms in total. The Morgan fingerprint density at radius 3 is 2.40 bits per heavy atom. The first-order valence-electron chi connectivity index (χ1n) is 5.58. The summed E-state index contributed by atoms with van der Waals surface area (Å²) in [5.41, 5.74) is 0.591. The van der Waals surface area contributed by atoms with E-state index in [2.05, 4.69) is 5.32 Å². The van der Waals surface area contributed by atoms with Gasteiger partial charge in [-0.05, 0) is 29.8 Å². The first kappa shape index (κ1) is 14.2. The van der Waals surface area contributed by atoms with Gasteiger partial charge in [-0.1, -0.05) is 11.6 Å². The number of hydrogen-bond donors (Lipinski definition) is 1. The number of anilines is 1. The van der Waals surface area contributed by atoms with Crippen LogP contribution < -0.4 is 5.32 Å². The third-order valence-electron chi connectivity index (χ3n) is 2.56. The highest BCUT2D eigenvalue weighted by Gasteiger charge is 2.12. The molecule has 2 aromatic carbocycles. The summed E-state index contributed by atoms with van der Waals surface area (Å²) in [4.78, 5) is 10.1. The van der Waals surface area contributed by atoms with Gasteiger partial charge >= 0.3 is 0 Å². The standard InChI is InChI=1S/C13H9ClF2N2O2/c14-12-2-1-11(6-13(12)18(19)20)17-7-8-3-9(15)5-10(16)4-8/h1-6,17H,7H2. The van der Waals surface area contributed by atoms with E-state index in [1.54, 1.807) is 6.07 Å². The van der Waals surface area contributed by atoms with Crippen molar-refractivity contribution in [2.24, 2.45) is 0 Å². The second-order valence-electron chi connectivity index (χ2n) is 4.05. The van der Waals surface area contributed by atoms with Gasteiger partial charge in [0.15, 0.2) is 0 Å². The van der Waals surface area contributed by atoms with Crippen LogP contribution in [0.2, 0.25) is 5.02 Å². The van der Waals surface area contributed by atoms with Gasteiger partial charge in [-0.15, -0.1) is 0 Å². The minimum Gasteiger partial charge on any atom is -0.381 e. The summed E-state index contributed by atoms with van der Waals surface area (Å²) < 4.78 is 26.0. The van der Waals surface area contributed by atoms with E-state index in [0.717, 1.165) is 6.07 Å². The van der Waals surface area contributed by atoms with E-state index in [-0.39, 0.29) is 17.3 Å². The van der Waals surface area contributed by atoms with Gasteiger partial charge < -0.3 is 5.32 Å². The third-order valence-corrected chi connectivity index (χ3v) is 2.88. The molecule has 0 saturated heterocycles. The fourth-order valence-corrected chi connectivity index (χ4v) is 1.87. The van der Waals surface area contributed by atoms with Crippen LogP contribution in [0, 0.1) is 21.7 Å². The SMILES string of the molecule is O=[N+]([O-])c1cc(NCc2cc(F)cc(F)c2)ccc1Cl. The van der Waals surface area contributed by atoms with Gasteiger partial charge in [0.2, 0.25) is 0 Å². The van der Waals surface area contributed by atoms with Crippen LogP contribution in [0.5, 0.6) is 0 Å². The molecular weight excluding hydrogens is 290 g/mol. The Hall–Kier alpha value is -2.21. The maximum atomic E-state index is 13.0. The molecule has 0 heterocycles. The summed E-state index contributed by atoms with van der Waals surface area (Å²) in [6.45, 7) is 0.132. The molecule has 0 amide bonds. The summed E-state index contributed by atoms with van der Waals surface area (Å²) in [5, 5.41) is 13.6. The average Bonchev–Trinajstić information content (AvgIpc) is 2.36. The fourth-order valence-electron chi connectivity index (χ4n) is 1.68. The smallest absolute Gasteiger partial charge is 0.289 e. The predicted octanol–water partition coefficient (Wildman–Crippen LogP) is 4.14. The number of nitrogens with zero attached hydrogens (tertiary/aromatic N) is 1. The highest BCUT2D eigenvalue weighted by Crippen LogP contribution is 2.27. The second kappa shape index (κ2) is 5.83. The van der Waals surface area contributed by atoms with E-state index >= 15 is 0 Å². The zero-order chi connectivity index (χ0) is 14.7. The Bertz CT molecular complexity index is 645. The maximum Gasteiger partial charge on any atom is 0.289 e. The Labute approximate surface area is 118 Å². The zero-order valence-electron chi connectivity index (χ0n) is 10.1. The number of halogens is 3. The van der Waals surface area contributed by atoms with Crippen LogP contribution in [0.3, 0.4) is 0 Å². The van der Waals surface area contributed by atoms with E-state index in [9.17, 15) is 18.9 Å². The van der Waals surface area contributed by atoms with Crippen molar-refractivity contribution in [3.63, 3.8) is 0 Å². The molecular formula is C13H9ClF2N2O2. The average molecular weight is 299 g/mol. The summed E-state index contributed by atoms with van der Waals surface area (Å²) in [7, 11) is 0. The molecule has 0 atom stereocenters. The van der Waals surface area contributed by atoms with Gasteiger partial charge in [-0.3, -0.25) is 10.1 Å². The molecule has 0 radical (unpaired) electrons. The van der Waals surface area contributed by atoms with Gasteiger partial charge in [0.05, 0.1) is 4.92 Å². The van der Waals surface area contributed by atoms with Crippen molar-refractivity contribution in [3.05, 3.63) is 68.7 Å². The molecule has 0 aliphatic carbocycles. The number of nitro groups is 1. The largest absolute Gasteiger partial charge is 0.381 e. The van der Waals surface area contributed by atoms with Crippen molar-refractivity contribution < 1.29 is 13.7 Å². The minimum atomic E-state index is -0.677. The van der Waals surface area contributed by atoms with Gasteiger partial charge in [-0.2, -0.15) is 0 Å². The van der Waals surface area contributed by atoms with Crippen LogP contribution in [0.4, 0.5) is 20.2 Å². The van der Waals surface area contributed by atoms with E-state index in [4.69, 9.17) is 11.6 Å². The maximum absolute atomic E-state index is 13.0. The lowest BCUT2D eigenvalue weighted by molar-refractivity contribution is -0.384. The molecule has 0 spiro atoms. The second-order valence-corrected chi connectivity index (χ2v) is 4.46. The molecule has 0 unspecified atom stereocenters. The monoisotopic (exact) mass is 298 g/mol. The fraction of sp³-hybridized carbons (Fsp3) is 0.0769. The molecule has 0 saturated carbocycles. The van der Waals surface area contributed by atoms with E-state index < -0.39 is 16.6 Å². The summed E-state index contributed by atoms with van der Waals surface area (Å²) >= 11 is 5.68. The van der Waals surface area contributed by atoms with Crippen molar-refractivity contribution in [3.8, 4) is 0 Å². The molecule has 2 rings (SSSR count). The lowest BCUT2D eigenvalue weighted by Crippen LogP contribution is -2.01. The quantitative estimate of drug-likeness (QED) is 0.682. The normalized spacial score (nSPS) is 10.3. The van der Waals surface area contributed by atoms with Crippen LogP contribution in [-0.4, -0.2) is 4.92 Å². The molecule has 0 aromatic heterocycles. The Balaban J connectivity index is 2.14. The lowest BCUT2D eigenvalue weighted by Gasteiger charge is -2.07. The molecule has 0 aliphatic rings. The van der Waals surface area contributed by atoms with Crippen molar-refractivity contribution in [1.82, 2.24) is 0 Å². The van der Waals surface area contributed by atoms with E-state index in [1.165, 1.54) is 24.3 Å². The molecule has 2 aromatic rings. The van der Waals surface area contributed by atoms with Gasteiger partial charge in [0, 0.05) is 24.4 Å². The summed E-state index contributed by atoms with van der Waals surface area (Å²) in [6, 6.07) is 7.33. The Kier molecular flexibility index (Phi) is 4.14. The van der Waals surface area contributed by atoms with Gasteiger partial charge in [-0.25, -0.2) is 8.78 Å². The van der Waals surface area contributed by atoms with Crippen molar-refractivity contribution in [2.45, 2.75) is 6.54 Å². The molecule has 0 fully saturated rings.